The second kappa shape index (κ2) is 8.71. The van der Waals surface area contributed by atoms with Crippen LogP contribution in [0.3, 0.4) is 0 Å². The minimum absolute atomic E-state index is 0.0585. The average molecular weight is 331 g/mol. The van der Waals surface area contributed by atoms with E-state index in [-0.39, 0.29) is 11.8 Å². The van der Waals surface area contributed by atoms with Crippen molar-refractivity contribution in [2.45, 2.75) is 32.6 Å². The van der Waals surface area contributed by atoms with E-state index in [0.29, 0.717) is 31.6 Å². The lowest BCUT2D eigenvalue weighted by molar-refractivity contribution is -0.131. The molecule has 0 aliphatic carbocycles. The summed E-state index contributed by atoms with van der Waals surface area (Å²) >= 11 is 0. The molecule has 1 fully saturated rings. The number of carbonyl (C=O) groups excluding carboxylic acids is 2. The van der Waals surface area contributed by atoms with Gasteiger partial charge in [-0.05, 0) is 37.1 Å². The average Bonchev–Trinajstić information content (AvgIpc) is 2.85. The van der Waals surface area contributed by atoms with Gasteiger partial charge in [0.05, 0.1) is 0 Å². The molecule has 1 aromatic carbocycles. The molecule has 0 N–H and O–H groups in total. The molecule has 0 saturated carbocycles. The lowest BCUT2D eigenvalue weighted by Gasteiger charge is -2.22. The molecule has 0 radical (unpaired) electrons. The minimum atomic E-state index is 0.0585. The molecule has 1 aliphatic heterocycles. The summed E-state index contributed by atoms with van der Waals surface area (Å²) in [5.74, 6) is 0.282. The smallest absolute Gasteiger partial charge is 0.253 e. The summed E-state index contributed by atoms with van der Waals surface area (Å²) in [4.78, 5) is 30.7. The molecule has 0 bridgehead atoms. The third-order valence-corrected chi connectivity index (χ3v) is 4.51. The van der Waals surface area contributed by atoms with Gasteiger partial charge in [0.25, 0.3) is 5.91 Å². The second-order valence-electron chi connectivity index (χ2n) is 6.57. The number of nitrogens with zero attached hydrogens (tertiary/aromatic N) is 3. The van der Waals surface area contributed by atoms with Crippen LogP contribution in [-0.4, -0.2) is 61.9 Å². The van der Waals surface area contributed by atoms with Gasteiger partial charge in [-0.2, -0.15) is 0 Å². The Bertz CT molecular complexity index is 554. The maximum absolute atomic E-state index is 12.7. The van der Waals surface area contributed by atoms with E-state index in [1.54, 1.807) is 0 Å². The number of hydrogen-bond donors (Lipinski definition) is 0. The molecular formula is C19H29N3O2. The molecular weight excluding hydrogens is 302 g/mol. The maximum atomic E-state index is 12.7. The van der Waals surface area contributed by atoms with Gasteiger partial charge in [0.1, 0.15) is 0 Å². The molecule has 0 atom stereocenters. The molecule has 2 rings (SSSR count). The molecule has 1 saturated heterocycles. The summed E-state index contributed by atoms with van der Waals surface area (Å²) in [5, 5.41) is 0. The molecule has 0 aromatic heterocycles. The van der Waals surface area contributed by atoms with Gasteiger partial charge in [0, 0.05) is 57.9 Å². The Labute approximate surface area is 145 Å². The van der Waals surface area contributed by atoms with Crippen molar-refractivity contribution in [3.8, 4) is 0 Å². The normalized spacial score (nSPS) is 15.1. The predicted octanol–water partition coefficient (Wildman–Crippen LogP) is 2.62. The van der Waals surface area contributed by atoms with Crippen LogP contribution in [0, 0.1) is 0 Å². The van der Waals surface area contributed by atoms with Crippen molar-refractivity contribution in [3.05, 3.63) is 29.8 Å². The third kappa shape index (κ3) is 4.73. The largest absolute Gasteiger partial charge is 0.378 e. The number of hydrogen-bond acceptors (Lipinski definition) is 3. The highest BCUT2D eigenvalue weighted by molar-refractivity contribution is 5.94. The van der Waals surface area contributed by atoms with Crippen molar-refractivity contribution < 1.29 is 9.59 Å². The van der Waals surface area contributed by atoms with Crippen molar-refractivity contribution in [2.24, 2.45) is 0 Å². The monoisotopic (exact) mass is 331 g/mol. The number of rotatable bonds is 5. The lowest BCUT2D eigenvalue weighted by Crippen LogP contribution is -2.37. The maximum Gasteiger partial charge on any atom is 0.253 e. The number of unbranched alkanes of at least 4 members (excludes halogenated alkanes) is 1. The van der Waals surface area contributed by atoms with E-state index in [2.05, 4.69) is 6.92 Å². The Morgan fingerprint density at radius 1 is 1.00 bits per heavy atom. The van der Waals surface area contributed by atoms with Crippen LogP contribution in [0.15, 0.2) is 24.3 Å². The Hall–Kier alpha value is -2.04. The highest BCUT2D eigenvalue weighted by atomic mass is 16.2. The van der Waals surface area contributed by atoms with E-state index in [4.69, 9.17) is 0 Å². The first kappa shape index (κ1) is 18.3. The quantitative estimate of drug-likeness (QED) is 0.833. The summed E-state index contributed by atoms with van der Waals surface area (Å²) in [6.45, 7) is 4.82. The van der Waals surface area contributed by atoms with Crippen LogP contribution >= 0.6 is 0 Å². The van der Waals surface area contributed by atoms with Crippen LogP contribution in [0.5, 0.6) is 0 Å². The first-order chi connectivity index (χ1) is 11.5. The zero-order valence-electron chi connectivity index (χ0n) is 15.1. The molecule has 2 amide bonds. The van der Waals surface area contributed by atoms with E-state index in [9.17, 15) is 9.59 Å². The summed E-state index contributed by atoms with van der Waals surface area (Å²) in [5.41, 5.74) is 1.79. The number of anilines is 1. The zero-order chi connectivity index (χ0) is 17.5. The topological polar surface area (TPSA) is 43.9 Å². The highest BCUT2D eigenvalue weighted by Gasteiger charge is 2.22. The van der Waals surface area contributed by atoms with Crippen molar-refractivity contribution in [3.63, 3.8) is 0 Å². The van der Waals surface area contributed by atoms with Gasteiger partial charge in [-0.1, -0.05) is 13.3 Å². The zero-order valence-corrected chi connectivity index (χ0v) is 15.1. The molecule has 24 heavy (non-hydrogen) atoms. The van der Waals surface area contributed by atoms with Gasteiger partial charge >= 0.3 is 0 Å². The highest BCUT2D eigenvalue weighted by Crippen LogP contribution is 2.15. The standard InChI is InChI=1S/C19H29N3O2/c1-4-5-7-18(23)21-12-6-13-22(15-14-21)19(24)16-8-10-17(11-9-16)20(2)3/h8-11H,4-7,12-15H2,1-3H3. The summed E-state index contributed by atoms with van der Waals surface area (Å²) in [6.07, 6.45) is 3.44. The van der Waals surface area contributed by atoms with E-state index in [0.717, 1.165) is 31.5 Å². The van der Waals surface area contributed by atoms with Crippen LogP contribution in [0.1, 0.15) is 43.0 Å². The van der Waals surface area contributed by atoms with Crippen LogP contribution in [0.25, 0.3) is 0 Å². The first-order valence-electron chi connectivity index (χ1n) is 8.87. The van der Waals surface area contributed by atoms with Crippen LogP contribution in [0.2, 0.25) is 0 Å². The SMILES string of the molecule is CCCCC(=O)N1CCCN(C(=O)c2ccc(N(C)C)cc2)CC1. The summed E-state index contributed by atoms with van der Waals surface area (Å²) < 4.78 is 0. The molecule has 5 nitrogen and oxygen atoms in total. The molecule has 5 heteroatoms. The van der Waals surface area contributed by atoms with Gasteiger partial charge < -0.3 is 14.7 Å². The molecule has 132 valence electrons. The number of carbonyl (C=O) groups is 2. The van der Waals surface area contributed by atoms with Crippen molar-refractivity contribution >= 4 is 17.5 Å². The molecule has 0 spiro atoms. The predicted molar refractivity (Wildman–Crippen MR) is 97.4 cm³/mol. The molecule has 1 heterocycles. The van der Waals surface area contributed by atoms with Gasteiger partial charge in [-0.3, -0.25) is 9.59 Å². The van der Waals surface area contributed by atoms with E-state index in [1.807, 2.05) is 53.1 Å². The van der Waals surface area contributed by atoms with E-state index in [1.165, 1.54) is 0 Å². The fourth-order valence-corrected chi connectivity index (χ4v) is 2.94. The second-order valence-corrected chi connectivity index (χ2v) is 6.57. The van der Waals surface area contributed by atoms with Crippen molar-refractivity contribution in [1.29, 1.82) is 0 Å². The summed E-state index contributed by atoms with van der Waals surface area (Å²) in [6, 6.07) is 7.69. The number of benzene rings is 1. The van der Waals surface area contributed by atoms with Crippen LogP contribution < -0.4 is 4.90 Å². The Balaban J connectivity index is 1.95. The van der Waals surface area contributed by atoms with E-state index >= 15 is 0 Å². The Morgan fingerprint density at radius 3 is 2.25 bits per heavy atom. The summed E-state index contributed by atoms with van der Waals surface area (Å²) in [7, 11) is 3.96. The lowest BCUT2D eigenvalue weighted by atomic mass is 10.1. The first-order valence-corrected chi connectivity index (χ1v) is 8.87. The Morgan fingerprint density at radius 2 is 1.62 bits per heavy atom. The van der Waals surface area contributed by atoms with E-state index < -0.39 is 0 Å². The molecule has 1 aromatic rings. The minimum Gasteiger partial charge on any atom is -0.378 e. The van der Waals surface area contributed by atoms with Crippen molar-refractivity contribution in [1.82, 2.24) is 9.80 Å². The van der Waals surface area contributed by atoms with Crippen LogP contribution in [0.4, 0.5) is 5.69 Å². The Kier molecular flexibility index (Phi) is 6.64. The van der Waals surface area contributed by atoms with Crippen molar-refractivity contribution in [2.75, 3.05) is 45.2 Å². The van der Waals surface area contributed by atoms with Gasteiger partial charge in [-0.25, -0.2) is 0 Å². The van der Waals surface area contributed by atoms with Gasteiger partial charge in [0.2, 0.25) is 5.91 Å². The van der Waals surface area contributed by atoms with Gasteiger partial charge in [0.15, 0.2) is 0 Å². The molecule has 0 unspecified atom stereocenters. The molecule has 1 aliphatic rings. The van der Waals surface area contributed by atoms with Crippen LogP contribution in [-0.2, 0) is 4.79 Å². The fraction of sp³-hybridized carbons (Fsp3) is 0.579. The fourth-order valence-electron chi connectivity index (χ4n) is 2.94. The number of amides is 2. The third-order valence-electron chi connectivity index (χ3n) is 4.51. The van der Waals surface area contributed by atoms with Gasteiger partial charge in [-0.15, -0.1) is 0 Å².